The highest BCUT2D eigenvalue weighted by atomic mass is 16.5. The van der Waals surface area contributed by atoms with E-state index in [0.29, 0.717) is 6.42 Å². The van der Waals surface area contributed by atoms with Crippen molar-refractivity contribution in [3.8, 4) is 5.75 Å². The number of methoxy groups -OCH3 is 1. The smallest absolute Gasteiger partial charge is 0.243 e. The van der Waals surface area contributed by atoms with Crippen molar-refractivity contribution < 1.29 is 9.53 Å². The Bertz CT molecular complexity index is 841. The molecule has 0 radical (unpaired) electrons. The zero-order chi connectivity index (χ0) is 19.4. The fourth-order valence-corrected chi connectivity index (χ4v) is 3.56. The Labute approximate surface area is 161 Å². The summed E-state index contributed by atoms with van der Waals surface area (Å²) in [6, 6.07) is 16.3. The number of carbonyl (C=O) groups excluding carboxylic acids is 1. The first-order chi connectivity index (χ1) is 12.9. The van der Waals surface area contributed by atoms with Gasteiger partial charge in [-0.05, 0) is 51.3 Å². The van der Waals surface area contributed by atoms with Crippen LogP contribution in [-0.4, -0.2) is 29.3 Å². The van der Waals surface area contributed by atoms with Crippen molar-refractivity contribution in [3.05, 3.63) is 65.2 Å². The second kappa shape index (κ2) is 7.95. The third-order valence-corrected chi connectivity index (χ3v) is 5.00. The summed E-state index contributed by atoms with van der Waals surface area (Å²) < 4.78 is 5.51. The molecule has 1 heterocycles. The minimum atomic E-state index is -0.325. The summed E-state index contributed by atoms with van der Waals surface area (Å²) in [4.78, 5) is 12.8. The topological polar surface area (TPSA) is 41.9 Å². The standard InChI is InChI=1S/C23H28N2O2/c1-17-13-14-21(27-4)19(15-17)20-16-23(2,3)25(24-20)22(26)12-8-11-18-9-6-5-7-10-18/h5-7,9-10,13-15H,8,11-12,16H2,1-4H3. The van der Waals surface area contributed by atoms with Gasteiger partial charge < -0.3 is 4.74 Å². The average Bonchev–Trinajstić information content (AvgIpc) is 2.98. The highest BCUT2D eigenvalue weighted by Crippen LogP contribution is 2.33. The van der Waals surface area contributed by atoms with E-state index >= 15 is 0 Å². The molecule has 0 aromatic heterocycles. The Morgan fingerprint density at radius 2 is 1.93 bits per heavy atom. The van der Waals surface area contributed by atoms with Crippen LogP contribution in [0.3, 0.4) is 0 Å². The fraction of sp³-hybridized carbons (Fsp3) is 0.391. The molecule has 4 nitrogen and oxygen atoms in total. The summed E-state index contributed by atoms with van der Waals surface area (Å²) in [7, 11) is 1.67. The van der Waals surface area contributed by atoms with Gasteiger partial charge in [-0.25, -0.2) is 5.01 Å². The summed E-state index contributed by atoms with van der Waals surface area (Å²) in [5.74, 6) is 0.881. The summed E-state index contributed by atoms with van der Waals surface area (Å²) in [6.45, 7) is 6.19. The van der Waals surface area contributed by atoms with Gasteiger partial charge in [-0.3, -0.25) is 4.79 Å². The molecule has 27 heavy (non-hydrogen) atoms. The van der Waals surface area contributed by atoms with Crippen molar-refractivity contribution in [2.24, 2.45) is 5.10 Å². The Balaban J connectivity index is 1.72. The Morgan fingerprint density at radius 3 is 2.63 bits per heavy atom. The number of carbonyl (C=O) groups is 1. The van der Waals surface area contributed by atoms with E-state index in [4.69, 9.17) is 9.84 Å². The van der Waals surface area contributed by atoms with Gasteiger partial charge in [0.25, 0.3) is 0 Å². The van der Waals surface area contributed by atoms with Crippen LogP contribution in [-0.2, 0) is 11.2 Å². The zero-order valence-corrected chi connectivity index (χ0v) is 16.7. The average molecular weight is 364 g/mol. The van der Waals surface area contributed by atoms with Crippen molar-refractivity contribution in [2.75, 3.05) is 7.11 Å². The Hall–Kier alpha value is -2.62. The number of benzene rings is 2. The number of amides is 1. The molecule has 142 valence electrons. The van der Waals surface area contributed by atoms with Crippen molar-refractivity contribution in [3.63, 3.8) is 0 Å². The number of ether oxygens (including phenoxy) is 1. The Kier molecular flexibility index (Phi) is 5.64. The molecule has 2 aromatic carbocycles. The summed E-state index contributed by atoms with van der Waals surface area (Å²) in [6.07, 6.45) is 2.95. The number of nitrogens with zero attached hydrogens (tertiary/aromatic N) is 2. The molecule has 0 saturated heterocycles. The lowest BCUT2D eigenvalue weighted by Crippen LogP contribution is -2.40. The number of hydrogen-bond acceptors (Lipinski definition) is 3. The molecule has 1 aliphatic heterocycles. The first kappa shape index (κ1) is 19.2. The maximum absolute atomic E-state index is 12.8. The van der Waals surface area contributed by atoms with E-state index in [2.05, 4.69) is 39.0 Å². The van der Waals surface area contributed by atoms with Crippen LogP contribution in [0.4, 0.5) is 0 Å². The number of hydrazone groups is 1. The molecule has 0 atom stereocenters. The van der Waals surface area contributed by atoms with Gasteiger partial charge >= 0.3 is 0 Å². The fourth-order valence-electron chi connectivity index (χ4n) is 3.56. The molecule has 0 fully saturated rings. The monoisotopic (exact) mass is 364 g/mol. The van der Waals surface area contributed by atoms with E-state index < -0.39 is 0 Å². The van der Waals surface area contributed by atoms with Gasteiger partial charge in [0.1, 0.15) is 5.75 Å². The molecule has 0 saturated carbocycles. The largest absolute Gasteiger partial charge is 0.496 e. The second-order valence-corrected chi connectivity index (χ2v) is 7.78. The first-order valence-electron chi connectivity index (χ1n) is 9.50. The van der Waals surface area contributed by atoms with Crippen LogP contribution in [0.2, 0.25) is 0 Å². The lowest BCUT2D eigenvalue weighted by molar-refractivity contribution is -0.135. The van der Waals surface area contributed by atoms with Gasteiger partial charge in [-0.1, -0.05) is 42.0 Å². The third kappa shape index (κ3) is 4.38. The lowest BCUT2D eigenvalue weighted by Gasteiger charge is -2.28. The Morgan fingerprint density at radius 1 is 1.19 bits per heavy atom. The van der Waals surface area contributed by atoms with Gasteiger partial charge in [0, 0.05) is 18.4 Å². The van der Waals surface area contributed by atoms with Crippen LogP contribution in [0.1, 0.15) is 49.8 Å². The van der Waals surface area contributed by atoms with Crippen molar-refractivity contribution in [1.82, 2.24) is 5.01 Å². The molecule has 0 spiro atoms. The molecule has 3 rings (SSSR count). The van der Waals surface area contributed by atoms with Gasteiger partial charge in [0.2, 0.25) is 5.91 Å². The van der Waals surface area contributed by atoms with Crippen LogP contribution in [0, 0.1) is 6.92 Å². The molecule has 2 aromatic rings. The molecular formula is C23H28N2O2. The van der Waals surface area contributed by atoms with E-state index in [1.165, 1.54) is 5.56 Å². The summed E-state index contributed by atoms with van der Waals surface area (Å²) in [5.41, 5.74) is 3.98. The van der Waals surface area contributed by atoms with E-state index in [9.17, 15) is 4.79 Å². The first-order valence-corrected chi connectivity index (χ1v) is 9.50. The van der Waals surface area contributed by atoms with Crippen LogP contribution in [0.5, 0.6) is 5.75 Å². The van der Waals surface area contributed by atoms with Crippen LogP contribution in [0.25, 0.3) is 0 Å². The molecule has 1 aliphatic rings. The van der Waals surface area contributed by atoms with Crippen LogP contribution < -0.4 is 4.74 Å². The van der Waals surface area contributed by atoms with E-state index in [1.54, 1.807) is 12.1 Å². The second-order valence-electron chi connectivity index (χ2n) is 7.78. The summed E-state index contributed by atoms with van der Waals surface area (Å²) >= 11 is 0. The SMILES string of the molecule is COc1ccc(C)cc1C1=NN(C(=O)CCCc2ccccc2)C(C)(C)C1. The molecule has 0 unspecified atom stereocenters. The molecule has 0 bridgehead atoms. The van der Waals surface area contributed by atoms with E-state index in [1.807, 2.05) is 30.3 Å². The van der Waals surface area contributed by atoms with Crippen LogP contribution in [0.15, 0.2) is 53.6 Å². The quantitative estimate of drug-likeness (QED) is 0.743. The maximum atomic E-state index is 12.8. The van der Waals surface area contributed by atoms with Crippen LogP contribution >= 0.6 is 0 Å². The van der Waals surface area contributed by atoms with E-state index in [-0.39, 0.29) is 11.4 Å². The normalized spacial score (nSPS) is 15.6. The lowest BCUT2D eigenvalue weighted by atomic mass is 9.93. The zero-order valence-electron chi connectivity index (χ0n) is 16.7. The maximum Gasteiger partial charge on any atom is 0.243 e. The molecule has 4 heteroatoms. The molecule has 0 N–H and O–H groups in total. The van der Waals surface area contributed by atoms with Crippen molar-refractivity contribution >= 4 is 11.6 Å². The predicted octanol–water partition coefficient (Wildman–Crippen LogP) is 4.74. The molecular weight excluding hydrogens is 336 g/mol. The van der Waals surface area contributed by atoms with Gasteiger partial charge in [-0.15, -0.1) is 0 Å². The molecule has 0 aliphatic carbocycles. The van der Waals surface area contributed by atoms with Crippen molar-refractivity contribution in [1.29, 1.82) is 0 Å². The minimum absolute atomic E-state index is 0.0811. The van der Waals surface area contributed by atoms with Gasteiger partial charge in [0.05, 0.1) is 18.4 Å². The highest BCUT2D eigenvalue weighted by Gasteiger charge is 2.38. The number of rotatable bonds is 6. The third-order valence-electron chi connectivity index (χ3n) is 5.00. The highest BCUT2D eigenvalue weighted by molar-refractivity contribution is 6.05. The van der Waals surface area contributed by atoms with E-state index in [0.717, 1.165) is 41.9 Å². The van der Waals surface area contributed by atoms with Crippen molar-refractivity contribution in [2.45, 2.75) is 52.0 Å². The number of hydrogen-bond donors (Lipinski definition) is 0. The van der Waals surface area contributed by atoms with Gasteiger partial charge in [0.15, 0.2) is 0 Å². The molecule has 1 amide bonds. The predicted molar refractivity (Wildman–Crippen MR) is 109 cm³/mol. The van der Waals surface area contributed by atoms with Gasteiger partial charge in [-0.2, -0.15) is 5.10 Å². The minimum Gasteiger partial charge on any atom is -0.496 e. The summed E-state index contributed by atoms with van der Waals surface area (Å²) in [5, 5.41) is 6.38. The number of aryl methyl sites for hydroxylation is 2.